The average molecular weight is 401 g/mol. The van der Waals surface area contributed by atoms with E-state index in [4.69, 9.17) is 9.47 Å². The van der Waals surface area contributed by atoms with Gasteiger partial charge in [-0.05, 0) is 59.5 Å². The first-order valence-corrected chi connectivity index (χ1v) is 10.8. The summed E-state index contributed by atoms with van der Waals surface area (Å²) in [5, 5.41) is 2.16. The van der Waals surface area contributed by atoms with Crippen molar-refractivity contribution in [2.45, 2.75) is 38.8 Å². The van der Waals surface area contributed by atoms with Crippen LogP contribution >= 0.6 is 11.3 Å². The van der Waals surface area contributed by atoms with Gasteiger partial charge >= 0.3 is 0 Å². The van der Waals surface area contributed by atoms with Gasteiger partial charge in [0.25, 0.3) is 0 Å². The van der Waals surface area contributed by atoms with Gasteiger partial charge in [-0.1, -0.05) is 6.92 Å². The van der Waals surface area contributed by atoms with E-state index in [0.717, 1.165) is 50.4 Å². The molecule has 1 atom stereocenters. The van der Waals surface area contributed by atoms with Crippen LogP contribution in [-0.4, -0.2) is 49.6 Å². The molecule has 0 saturated carbocycles. The maximum Gasteiger partial charge on any atom is 0.237 e. The summed E-state index contributed by atoms with van der Waals surface area (Å²) in [6.45, 7) is 5.15. The number of hydrogen-bond donors (Lipinski definition) is 0. The van der Waals surface area contributed by atoms with Gasteiger partial charge in [0.1, 0.15) is 0 Å². The van der Waals surface area contributed by atoms with E-state index in [1.165, 1.54) is 21.6 Å². The first-order valence-electron chi connectivity index (χ1n) is 9.96. The second kappa shape index (κ2) is 8.13. The first kappa shape index (κ1) is 19.3. The fraction of sp³-hybridized carbons (Fsp3) is 0.500. The molecule has 1 amide bonds. The smallest absolute Gasteiger partial charge is 0.237 e. The van der Waals surface area contributed by atoms with Gasteiger partial charge in [-0.25, -0.2) is 0 Å². The molecule has 1 unspecified atom stereocenters. The number of ether oxygens (including phenoxy) is 2. The average Bonchev–Trinajstić information content (AvgIpc) is 3.20. The fourth-order valence-electron chi connectivity index (χ4n) is 4.49. The zero-order valence-corrected chi connectivity index (χ0v) is 17.7. The van der Waals surface area contributed by atoms with Crippen molar-refractivity contribution in [3.63, 3.8) is 0 Å². The molecule has 2 aromatic rings. The second-order valence-electron chi connectivity index (χ2n) is 7.50. The molecule has 150 valence electrons. The lowest BCUT2D eigenvalue weighted by Gasteiger charge is -2.37. The monoisotopic (exact) mass is 400 g/mol. The SMILES string of the molecule is CCC1c2ccsc2CCN1C(=O)CN1CCc2cc(OC)c(OC)cc2C1. The number of methoxy groups -OCH3 is 2. The molecule has 2 aliphatic heterocycles. The van der Waals surface area contributed by atoms with Gasteiger partial charge in [0.2, 0.25) is 5.91 Å². The Hall–Kier alpha value is -2.05. The van der Waals surface area contributed by atoms with E-state index in [0.29, 0.717) is 6.54 Å². The van der Waals surface area contributed by atoms with Crippen LogP contribution in [0.3, 0.4) is 0 Å². The van der Waals surface area contributed by atoms with Crippen molar-refractivity contribution in [1.82, 2.24) is 9.80 Å². The third-order valence-electron chi connectivity index (χ3n) is 5.96. The molecule has 0 aliphatic carbocycles. The van der Waals surface area contributed by atoms with Crippen molar-refractivity contribution in [3.8, 4) is 11.5 Å². The normalized spacial score (nSPS) is 19.1. The van der Waals surface area contributed by atoms with Gasteiger partial charge in [-0.2, -0.15) is 0 Å². The second-order valence-corrected chi connectivity index (χ2v) is 8.50. The van der Waals surface area contributed by atoms with Crippen LogP contribution in [0.5, 0.6) is 11.5 Å². The Balaban J connectivity index is 1.46. The summed E-state index contributed by atoms with van der Waals surface area (Å²) in [7, 11) is 3.33. The van der Waals surface area contributed by atoms with E-state index >= 15 is 0 Å². The molecule has 0 fully saturated rings. The molecule has 1 aromatic carbocycles. The predicted molar refractivity (Wildman–Crippen MR) is 111 cm³/mol. The summed E-state index contributed by atoms with van der Waals surface area (Å²) in [6.07, 6.45) is 2.87. The van der Waals surface area contributed by atoms with Crippen molar-refractivity contribution < 1.29 is 14.3 Å². The number of hydrogen-bond acceptors (Lipinski definition) is 5. The Morgan fingerprint density at radius 3 is 2.61 bits per heavy atom. The number of benzene rings is 1. The van der Waals surface area contributed by atoms with Gasteiger partial charge in [-0.15, -0.1) is 11.3 Å². The fourth-order valence-corrected chi connectivity index (χ4v) is 5.42. The van der Waals surface area contributed by atoms with Gasteiger partial charge in [0, 0.05) is 24.5 Å². The van der Waals surface area contributed by atoms with E-state index in [1.54, 1.807) is 14.2 Å². The van der Waals surface area contributed by atoms with Crippen molar-refractivity contribution in [2.24, 2.45) is 0 Å². The molecule has 6 heteroatoms. The Labute approximate surface area is 170 Å². The number of rotatable bonds is 5. The Kier molecular flexibility index (Phi) is 5.60. The largest absolute Gasteiger partial charge is 0.493 e. The van der Waals surface area contributed by atoms with Crippen LogP contribution in [-0.2, 0) is 24.2 Å². The lowest BCUT2D eigenvalue weighted by Crippen LogP contribution is -2.45. The molecule has 1 aromatic heterocycles. The summed E-state index contributed by atoms with van der Waals surface area (Å²) in [5.74, 6) is 1.77. The lowest BCUT2D eigenvalue weighted by atomic mass is 9.97. The van der Waals surface area contributed by atoms with Gasteiger partial charge in [0.05, 0.1) is 26.8 Å². The quantitative estimate of drug-likeness (QED) is 0.768. The van der Waals surface area contributed by atoms with Crippen LogP contribution in [0.4, 0.5) is 0 Å². The number of fused-ring (bicyclic) bond motifs is 2. The molecule has 28 heavy (non-hydrogen) atoms. The van der Waals surface area contributed by atoms with Crippen LogP contribution in [0, 0.1) is 0 Å². The van der Waals surface area contributed by atoms with Crippen molar-refractivity contribution in [1.29, 1.82) is 0 Å². The highest BCUT2D eigenvalue weighted by atomic mass is 32.1. The molecule has 0 radical (unpaired) electrons. The van der Waals surface area contributed by atoms with E-state index in [1.807, 2.05) is 11.3 Å². The third-order valence-corrected chi connectivity index (χ3v) is 6.95. The number of thiophene rings is 1. The highest BCUT2D eigenvalue weighted by Crippen LogP contribution is 2.36. The predicted octanol–water partition coefficient (Wildman–Crippen LogP) is 3.66. The molecular weight excluding hydrogens is 372 g/mol. The third kappa shape index (κ3) is 3.51. The summed E-state index contributed by atoms with van der Waals surface area (Å²) in [5.41, 5.74) is 3.86. The van der Waals surface area contributed by atoms with Crippen LogP contribution < -0.4 is 9.47 Å². The van der Waals surface area contributed by atoms with Crippen LogP contribution in [0.1, 0.15) is 41.0 Å². The topological polar surface area (TPSA) is 42.0 Å². The highest BCUT2D eigenvalue weighted by Gasteiger charge is 2.31. The summed E-state index contributed by atoms with van der Waals surface area (Å²) in [4.78, 5) is 18.9. The molecule has 3 heterocycles. The van der Waals surface area contributed by atoms with Gasteiger partial charge in [-0.3, -0.25) is 9.69 Å². The minimum atomic E-state index is 0.226. The lowest BCUT2D eigenvalue weighted by molar-refractivity contribution is -0.135. The van der Waals surface area contributed by atoms with Crippen LogP contribution in [0.2, 0.25) is 0 Å². The molecule has 2 aliphatic rings. The van der Waals surface area contributed by atoms with Crippen molar-refractivity contribution >= 4 is 17.2 Å². The number of nitrogens with zero attached hydrogens (tertiary/aromatic N) is 2. The van der Waals surface area contributed by atoms with E-state index in [9.17, 15) is 4.79 Å². The molecule has 0 bridgehead atoms. The number of carbonyl (C=O) groups is 1. The minimum absolute atomic E-state index is 0.226. The zero-order valence-electron chi connectivity index (χ0n) is 16.9. The zero-order chi connectivity index (χ0) is 19.7. The van der Waals surface area contributed by atoms with Crippen molar-refractivity contribution in [3.05, 3.63) is 45.1 Å². The Morgan fingerprint density at radius 1 is 1.14 bits per heavy atom. The van der Waals surface area contributed by atoms with E-state index in [2.05, 4.69) is 40.3 Å². The summed E-state index contributed by atoms with van der Waals surface area (Å²) < 4.78 is 10.9. The number of carbonyl (C=O) groups excluding carboxylic acids is 1. The Morgan fingerprint density at radius 2 is 1.89 bits per heavy atom. The maximum absolute atomic E-state index is 13.1. The molecular formula is C22H28N2O3S. The number of amides is 1. The summed E-state index contributed by atoms with van der Waals surface area (Å²) in [6, 6.07) is 6.55. The summed E-state index contributed by atoms with van der Waals surface area (Å²) >= 11 is 1.82. The maximum atomic E-state index is 13.1. The van der Waals surface area contributed by atoms with Crippen LogP contribution in [0.25, 0.3) is 0 Å². The van der Waals surface area contributed by atoms with Gasteiger partial charge < -0.3 is 14.4 Å². The van der Waals surface area contributed by atoms with Gasteiger partial charge in [0.15, 0.2) is 11.5 Å². The molecule has 0 saturated heterocycles. The molecule has 4 rings (SSSR count). The van der Waals surface area contributed by atoms with E-state index < -0.39 is 0 Å². The van der Waals surface area contributed by atoms with Crippen LogP contribution in [0.15, 0.2) is 23.6 Å². The highest BCUT2D eigenvalue weighted by molar-refractivity contribution is 7.10. The molecule has 5 nitrogen and oxygen atoms in total. The molecule has 0 spiro atoms. The Bertz CT molecular complexity index is 863. The minimum Gasteiger partial charge on any atom is -0.493 e. The van der Waals surface area contributed by atoms with E-state index in [-0.39, 0.29) is 11.9 Å². The van der Waals surface area contributed by atoms with Crippen molar-refractivity contribution in [2.75, 3.05) is 33.9 Å². The first-order chi connectivity index (χ1) is 13.6. The molecule has 0 N–H and O–H groups in total. The standard InChI is InChI=1S/C22H28N2O3S/c1-4-18-17-7-10-28-21(17)6-9-24(18)22(25)14-23-8-5-15-11-19(26-2)20(27-3)12-16(15)13-23/h7,10-12,18H,4-6,8-9,13-14H2,1-3H3.